The molecule has 0 spiro atoms. The molecule has 1 aliphatic rings. The molecule has 2 N–H and O–H groups in total. The number of amides is 1. The molecule has 1 heterocycles. The second kappa shape index (κ2) is 4.19. The van der Waals surface area contributed by atoms with E-state index in [-0.39, 0.29) is 5.91 Å². The lowest BCUT2D eigenvalue weighted by atomic mass is 10.4. The summed E-state index contributed by atoms with van der Waals surface area (Å²) >= 11 is 0. The minimum atomic E-state index is -1.04. The molecule has 1 unspecified atom stereocenters. The van der Waals surface area contributed by atoms with E-state index in [1.807, 2.05) is 6.08 Å². The Hall–Kier alpha value is -1.15. The Morgan fingerprint density at radius 2 is 2.31 bits per heavy atom. The third-order valence-electron chi connectivity index (χ3n) is 1.48. The van der Waals surface area contributed by atoms with Crippen molar-refractivity contribution in [3.05, 3.63) is 23.5 Å². The lowest BCUT2D eigenvalue weighted by Crippen LogP contribution is -2.19. The molecule has 13 heavy (non-hydrogen) atoms. The van der Waals surface area contributed by atoms with Gasteiger partial charge in [0.05, 0.1) is 5.31 Å². The standard InChI is InChI=1S/C8H10NO3P/c1-6(10)9-13-5-3-2-4-7(13)8(11)12/h2-4H,5H2,1H3,(H,9,10)(H,11,12). The van der Waals surface area contributed by atoms with E-state index in [0.717, 1.165) is 0 Å². The first kappa shape index (κ1) is 9.93. The number of hydrogen-bond acceptors (Lipinski definition) is 2. The highest BCUT2D eigenvalue weighted by atomic mass is 31.1. The number of aliphatic carboxylic acids is 1. The summed E-state index contributed by atoms with van der Waals surface area (Å²) in [5.41, 5.74) is 0. The first-order valence-electron chi connectivity index (χ1n) is 3.76. The highest BCUT2D eigenvalue weighted by molar-refractivity contribution is 7.62. The van der Waals surface area contributed by atoms with Crippen LogP contribution in [0.2, 0.25) is 0 Å². The predicted octanol–water partition coefficient (Wildman–Crippen LogP) is 1.06. The fourth-order valence-electron chi connectivity index (χ4n) is 0.996. The molecule has 1 amide bonds. The van der Waals surface area contributed by atoms with Crippen molar-refractivity contribution < 1.29 is 14.7 Å². The fourth-order valence-corrected chi connectivity index (χ4v) is 2.61. The Balaban J connectivity index is 2.75. The van der Waals surface area contributed by atoms with Gasteiger partial charge in [0.2, 0.25) is 5.91 Å². The minimum absolute atomic E-state index is 0.187. The van der Waals surface area contributed by atoms with Crippen LogP contribution in [0.1, 0.15) is 6.92 Å². The van der Waals surface area contributed by atoms with Crippen molar-refractivity contribution in [3.63, 3.8) is 0 Å². The van der Waals surface area contributed by atoms with Gasteiger partial charge in [0, 0.05) is 21.2 Å². The Kier molecular flexibility index (Phi) is 3.20. The van der Waals surface area contributed by atoms with E-state index in [1.165, 1.54) is 13.0 Å². The minimum Gasteiger partial charge on any atom is -0.478 e. The summed E-state index contributed by atoms with van der Waals surface area (Å²) < 4.78 is 0. The van der Waals surface area contributed by atoms with Crippen LogP contribution in [0.15, 0.2) is 23.5 Å². The van der Waals surface area contributed by atoms with Crippen LogP contribution in [0.4, 0.5) is 0 Å². The maximum Gasteiger partial charge on any atom is 0.337 e. The van der Waals surface area contributed by atoms with Crippen molar-refractivity contribution in [1.82, 2.24) is 5.09 Å². The summed E-state index contributed by atoms with van der Waals surface area (Å²) in [7, 11) is -1.04. The zero-order chi connectivity index (χ0) is 9.84. The summed E-state index contributed by atoms with van der Waals surface area (Å²) in [4.78, 5) is 21.4. The van der Waals surface area contributed by atoms with Crippen LogP contribution in [-0.4, -0.2) is 23.1 Å². The summed E-state index contributed by atoms with van der Waals surface area (Å²) in [5, 5.41) is 11.7. The van der Waals surface area contributed by atoms with E-state index in [1.54, 1.807) is 6.08 Å². The van der Waals surface area contributed by atoms with E-state index >= 15 is 0 Å². The number of allylic oxidation sites excluding steroid dienone is 3. The fraction of sp³-hybridized carbons (Fsp3) is 0.250. The van der Waals surface area contributed by atoms with Gasteiger partial charge in [-0.2, -0.15) is 0 Å². The van der Waals surface area contributed by atoms with E-state index in [2.05, 4.69) is 5.09 Å². The van der Waals surface area contributed by atoms with E-state index < -0.39 is 14.0 Å². The molecule has 0 aliphatic carbocycles. The van der Waals surface area contributed by atoms with Crippen LogP contribution < -0.4 is 5.09 Å². The van der Waals surface area contributed by atoms with Gasteiger partial charge in [-0.3, -0.25) is 4.79 Å². The van der Waals surface area contributed by atoms with Crippen LogP contribution in [-0.2, 0) is 9.59 Å². The van der Waals surface area contributed by atoms with Gasteiger partial charge in [0.25, 0.3) is 0 Å². The maximum atomic E-state index is 10.7. The largest absolute Gasteiger partial charge is 0.478 e. The molecule has 0 aromatic rings. The number of nitrogens with one attached hydrogen (secondary N) is 1. The third-order valence-corrected chi connectivity index (χ3v) is 3.56. The first-order valence-corrected chi connectivity index (χ1v) is 5.29. The monoisotopic (exact) mass is 199 g/mol. The second-order valence-corrected chi connectivity index (χ2v) is 4.49. The molecule has 0 saturated carbocycles. The molecule has 0 radical (unpaired) electrons. The van der Waals surface area contributed by atoms with Gasteiger partial charge in [-0.15, -0.1) is 0 Å². The van der Waals surface area contributed by atoms with Crippen molar-refractivity contribution >= 4 is 19.9 Å². The molecule has 4 nitrogen and oxygen atoms in total. The number of hydrogen-bond donors (Lipinski definition) is 2. The van der Waals surface area contributed by atoms with Gasteiger partial charge in [-0.05, 0) is 6.08 Å². The van der Waals surface area contributed by atoms with Crippen molar-refractivity contribution in [2.45, 2.75) is 6.92 Å². The van der Waals surface area contributed by atoms with Gasteiger partial charge in [0.15, 0.2) is 0 Å². The maximum absolute atomic E-state index is 10.7. The van der Waals surface area contributed by atoms with Crippen molar-refractivity contribution in [2.24, 2.45) is 0 Å². The topological polar surface area (TPSA) is 66.4 Å². The normalized spacial score (nSPS) is 20.7. The molecular weight excluding hydrogens is 189 g/mol. The summed E-state index contributed by atoms with van der Waals surface area (Å²) in [6, 6.07) is 0. The van der Waals surface area contributed by atoms with Gasteiger partial charge in [0.1, 0.15) is 0 Å². The summed E-state index contributed by atoms with van der Waals surface area (Å²) in [6.07, 6.45) is 5.69. The molecule has 1 rings (SSSR count). The van der Waals surface area contributed by atoms with E-state index in [0.29, 0.717) is 11.5 Å². The lowest BCUT2D eigenvalue weighted by Gasteiger charge is -2.18. The van der Waals surface area contributed by atoms with Gasteiger partial charge >= 0.3 is 5.97 Å². The predicted molar refractivity (Wildman–Crippen MR) is 50.5 cm³/mol. The lowest BCUT2D eigenvalue weighted by molar-refractivity contribution is -0.131. The van der Waals surface area contributed by atoms with E-state index in [9.17, 15) is 9.59 Å². The summed E-state index contributed by atoms with van der Waals surface area (Å²) in [5.74, 6) is -1.14. The average molecular weight is 199 g/mol. The Bertz CT molecular complexity index is 296. The SMILES string of the molecule is CC(=O)NP1CC=CC=C1C(=O)O. The number of rotatable bonds is 2. The Morgan fingerprint density at radius 3 is 2.85 bits per heavy atom. The molecule has 0 saturated heterocycles. The summed E-state index contributed by atoms with van der Waals surface area (Å²) in [6.45, 7) is 1.39. The third kappa shape index (κ3) is 2.67. The molecule has 0 aromatic heterocycles. The first-order chi connectivity index (χ1) is 6.11. The zero-order valence-corrected chi connectivity index (χ0v) is 8.04. The number of carboxylic acids is 1. The number of carbonyl (C=O) groups excluding carboxylic acids is 1. The molecular formula is C8H10NO3P. The van der Waals surface area contributed by atoms with Crippen LogP contribution in [0.25, 0.3) is 0 Å². The molecule has 0 aromatic carbocycles. The van der Waals surface area contributed by atoms with Crippen LogP contribution in [0.3, 0.4) is 0 Å². The molecule has 70 valence electrons. The molecule has 0 bridgehead atoms. The highest BCUT2D eigenvalue weighted by Gasteiger charge is 2.21. The smallest absolute Gasteiger partial charge is 0.337 e. The molecule has 1 atom stereocenters. The van der Waals surface area contributed by atoms with Crippen LogP contribution >= 0.6 is 8.07 Å². The molecule has 5 heteroatoms. The number of carbonyl (C=O) groups is 2. The average Bonchev–Trinajstić information content (AvgIpc) is 2.03. The highest BCUT2D eigenvalue weighted by Crippen LogP contribution is 2.42. The van der Waals surface area contributed by atoms with Crippen LogP contribution in [0.5, 0.6) is 0 Å². The molecule has 0 fully saturated rings. The zero-order valence-electron chi connectivity index (χ0n) is 7.15. The molecule has 1 aliphatic heterocycles. The van der Waals surface area contributed by atoms with Gasteiger partial charge < -0.3 is 10.2 Å². The van der Waals surface area contributed by atoms with Crippen molar-refractivity contribution in [2.75, 3.05) is 6.16 Å². The number of carboxylic acid groups (broad SMARTS) is 1. The van der Waals surface area contributed by atoms with E-state index in [4.69, 9.17) is 5.11 Å². The Morgan fingerprint density at radius 1 is 1.62 bits per heavy atom. The van der Waals surface area contributed by atoms with Crippen molar-refractivity contribution in [3.8, 4) is 0 Å². The van der Waals surface area contributed by atoms with Crippen LogP contribution in [0, 0.1) is 0 Å². The Labute approximate surface area is 77.1 Å². The van der Waals surface area contributed by atoms with Gasteiger partial charge in [-0.25, -0.2) is 4.79 Å². The van der Waals surface area contributed by atoms with Gasteiger partial charge in [-0.1, -0.05) is 12.2 Å². The second-order valence-electron chi connectivity index (χ2n) is 2.56. The quantitative estimate of drug-likeness (QED) is 0.653. The van der Waals surface area contributed by atoms with Crippen molar-refractivity contribution in [1.29, 1.82) is 0 Å².